The van der Waals surface area contributed by atoms with Crippen LogP contribution in [0.3, 0.4) is 0 Å². The van der Waals surface area contributed by atoms with Gasteiger partial charge in [0, 0.05) is 0 Å². The third-order valence-electron chi connectivity index (χ3n) is 4.85. The van der Waals surface area contributed by atoms with Gasteiger partial charge in [-0.25, -0.2) is 0 Å². The van der Waals surface area contributed by atoms with E-state index in [-0.39, 0.29) is 13.2 Å². The van der Waals surface area contributed by atoms with Crippen LogP contribution in [0.15, 0.2) is 25.7 Å². The summed E-state index contributed by atoms with van der Waals surface area (Å²) < 4.78 is 9.51. The molecule has 0 aliphatic heterocycles. The van der Waals surface area contributed by atoms with Gasteiger partial charge < -0.3 is 40.1 Å². The molecule has 204 valence electrons. The molecule has 0 saturated heterocycles. The second-order valence-electron chi connectivity index (χ2n) is 7.58. The van der Waals surface area contributed by atoms with Crippen LogP contribution in [0.1, 0.15) is 0 Å². The number of ether oxygens (including phenoxy) is 2. The van der Waals surface area contributed by atoms with Crippen LogP contribution in [0.5, 0.6) is 0 Å². The first-order valence-electron chi connectivity index (χ1n) is 9.90. The lowest BCUT2D eigenvalue weighted by Gasteiger charge is -2.37. The van der Waals surface area contributed by atoms with E-state index in [0.29, 0.717) is 0 Å². The lowest BCUT2D eigenvalue weighted by molar-refractivity contribution is -0.103. The lowest BCUT2D eigenvalue weighted by atomic mass is 9.91. The average Bonchev–Trinajstić information content (AvgIpc) is 2.87. The van der Waals surface area contributed by atoms with Crippen molar-refractivity contribution in [3.05, 3.63) is 25.7 Å². The molecular weight excluding hydrogens is 581 g/mol. The van der Waals surface area contributed by atoms with Gasteiger partial charge in [-0.15, -0.1) is 69.6 Å². The maximum absolute atomic E-state index is 9.03. The molecule has 6 N–H and O–H groups in total. The molecule has 0 spiro atoms. The second-order valence-corrected chi connectivity index (χ2v) is 10.6. The molecule has 0 radical (unpaired) electrons. The van der Waals surface area contributed by atoms with Gasteiger partial charge in [-0.1, -0.05) is 13.2 Å². The van der Waals surface area contributed by atoms with Crippen molar-refractivity contribution < 1.29 is 40.1 Å². The monoisotopic (exact) mass is 612 g/mol. The maximum Gasteiger partial charge on any atom is 0.0829 e. The van der Waals surface area contributed by atoms with Crippen molar-refractivity contribution >= 4 is 69.6 Å². The Balaban J connectivity index is 0. The van der Waals surface area contributed by atoms with Crippen LogP contribution in [-0.4, -0.2) is 116 Å². The number of alkyl halides is 6. The van der Waals surface area contributed by atoms with E-state index >= 15 is 0 Å². The Bertz CT molecular complexity index is 438. The Morgan fingerprint density at radius 2 is 0.735 bits per heavy atom. The number of rotatable bonds is 12. The van der Waals surface area contributed by atoms with Crippen molar-refractivity contribution in [2.75, 3.05) is 52.9 Å². The molecule has 0 aromatic carbocycles. The van der Waals surface area contributed by atoms with Crippen molar-refractivity contribution in [3.63, 3.8) is 0 Å². The van der Waals surface area contributed by atoms with Gasteiger partial charge in [-0.2, -0.15) is 0 Å². The number of aliphatic hydroxyl groups excluding tert-OH is 6. The maximum atomic E-state index is 9.03. The molecule has 14 heteroatoms. The predicted octanol–water partition coefficient (Wildman–Crippen LogP) is 1.86. The molecule has 1 aliphatic rings. The summed E-state index contributed by atoms with van der Waals surface area (Å²) in [7, 11) is 0. The number of hydrogen-bond acceptors (Lipinski definition) is 8. The molecule has 0 amide bonds. The van der Waals surface area contributed by atoms with E-state index in [9.17, 15) is 0 Å². The van der Waals surface area contributed by atoms with Crippen LogP contribution in [0.4, 0.5) is 0 Å². The highest BCUT2D eigenvalue weighted by atomic mass is 35.5. The zero-order valence-corrected chi connectivity index (χ0v) is 23.0. The van der Waals surface area contributed by atoms with Gasteiger partial charge in [0.05, 0.1) is 108 Å². The number of hydrogen-bond donors (Lipinski definition) is 6. The normalized spacial score (nSPS) is 26.9. The minimum Gasteiger partial charge on any atom is -0.474 e. The minimum atomic E-state index is -1.16. The van der Waals surface area contributed by atoms with Gasteiger partial charge in [-0.3, -0.25) is 0 Å². The summed E-state index contributed by atoms with van der Waals surface area (Å²) in [6.45, 7) is 3.51. The molecule has 1 aliphatic carbocycles. The van der Waals surface area contributed by atoms with Crippen molar-refractivity contribution in [1.82, 2.24) is 0 Å². The zero-order chi connectivity index (χ0) is 26.9. The highest BCUT2D eigenvalue weighted by molar-refractivity contribution is 6.45. The topological polar surface area (TPSA) is 140 Å². The number of halogens is 6. The Labute approximate surface area is 230 Å². The van der Waals surface area contributed by atoms with E-state index in [2.05, 4.69) is 17.9 Å². The molecule has 0 aromatic heterocycles. The molecule has 0 atom stereocenters. The third-order valence-corrected chi connectivity index (χ3v) is 8.88. The van der Waals surface area contributed by atoms with Crippen LogP contribution in [0.25, 0.3) is 0 Å². The first-order valence-corrected chi connectivity index (χ1v) is 12.5. The van der Waals surface area contributed by atoms with Crippen molar-refractivity contribution in [2.45, 2.75) is 32.3 Å². The third kappa shape index (κ3) is 11.9. The van der Waals surface area contributed by atoms with Gasteiger partial charge in [0.1, 0.15) is 0 Å². The Morgan fingerprint density at radius 1 is 0.529 bits per heavy atom. The molecule has 0 aromatic rings. The Kier molecular flexibility index (Phi) is 21.5. The fourth-order valence-corrected chi connectivity index (χ4v) is 4.51. The van der Waals surface area contributed by atoms with Gasteiger partial charge in [0.2, 0.25) is 0 Å². The smallest absolute Gasteiger partial charge is 0.0829 e. The first kappa shape index (κ1) is 36.9. The molecule has 1 fully saturated rings. The van der Waals surface area contributed by atoms with Gasteiger partial charge >= 0.3 is 0 Å². The summed E-state index contributed by atoms with van der Waals surface area (Å²) in [6, 6.07) is 0. The van der Waals surface area contributed by atoms with Crippen molar-refractivity contribution in [3.8, 4) is 0 Å². The summed E-state index contributed by atoms with van der Waals surface area (Å²) in [6.07, 6.45) is 2.62. The van der Waals surface area contributed by atoms with Crippen LogP contribution >= 0.6 is 69.6 Å². The van der Waals surface area contributed by atoms with Crippen LogP contribution in [0, 0.1) is 10.8 Å². The van der Waals surface area contributed by atoms with Crippen LogP contribution in [-0.2, 0) is 9.47 Å². The van der Waals surface area contributed by atoms with E-state index in [4.69, 9.17) is 105 Å². The van der Waals surface area contributed by atoms with E-state index in [0.717, 1.165) is 0 Å². The minimum absolute atomic E-state index is 0.141. The summed E-state index contributed by atoms with van der Waals surface area (Å²) in [5.41, 5.74) is -2.32. The molecule has 34 heavy (non-hydrogen) atoms. The number of aliphatic hydroxyl groups is 6. The SMILES string of the molecule is C=COC=C.Cl[C@H]1[C@H](Cl)[C@@H](Cl)[C@@H](Cl)[C@H](Cl)[C@H]1Cl.OCC(CO)(CO)COCC(CO)(CO)CO. The molecule has 0 unspecified atom stereocenters. The van der Waals surface area contributed by atoms with E-state index in [1.165, 1.54) is 12.5 Å². The van der Waals surface area contributed by atoms with Crippen molar-refractivity contribution in [1.29, 1.82) is 0 Å². The molecule has 1 saturated carbocycles. The standard InChI is InChI=1S/C10H22O7.C6H6Cl6.C4H6O/c11-1-9(2-12,3-13)7-17-8-10(4-14,5-15)6-16;7-1-2(8)4(10)6(12)5(11)3(1)9;1-3-5-4-2/h11-16H,1-8H2;1-6H;3-4H,1-2H2/t;1-,2-,3-,4+,5+,6+;. The van der Waals surface area contributed by atoms with Crippen LogP contribution in [0.2, 0.25) is 0 Å². The fraction of sp³-hybridized carbons (Fsp3) is 0.800. The highest BCUT2D eigenvalue weighted by Crippen LogP contribution is 2.39. The van der Waals surface area contributed by atoms with Crippen molar-refractivity contribution in [2.24, 2.45) is 10.8 Å². The quantitative estimate of drug-likeness (QED) is 0.145. The lowest BCUT2D eigenvalue weighted by Crippen LogP contribution is -2.52. The summed E-state index contributed by atoms with van der Waals surface area (Å²) in [5.74, 6) is 0. The molecular formula is C20H34Cl6O8. The predicted molar refractivity (Wildman–Crippen MR) is 138 cm³/mol. The second kappa shape index (κ2) is 19.8. The molecule has 0 bridgehead atoms. The Hall–Kier alpha value is 0.740. The molecule has 8 nitrogen and oxygen atoms in total. The van der Waals surface area contributed by atoms with Gasteiger partial charge in [-0.05, 0) is 0 Å². The molecule has 0 heterocycles. The summed E-state index contributed by atoms with van der Waals surface area (Å²) in [5, 5.41) is 51.6. The fourth-order valence-electron chi connectivity index (χ4n) is 2.18. The Morgan fingerprint density at radius 3 is 0.853 bits per heavy atom. The molecule has 1 rings (SSSR count). The van der Waals surface area contributed by atoms with Gasteiger partial charge in [0.25, 0.3) is 0 Å². The largest absolute Gasteiger partial charge is 0.474 e. The van der Waals surface area contributed by atoms with E-state index in [1.807, 2.05) is 0 Å². The van der Waals surface area contributed by atoms with Crippen LogP contribution < -0.4 is 0 Å². The highest BCUT2D eigenvalue weighted by Gasteiger charge is 2.46. The summed E-state index contributed by atoms with van der Waals surface area (Å²) >= 11 is 35.3. The zero-order valence-electron chi connectivity index (χ0n) is 18.5. The van der Waals surface area contributed by atoms with Gasteiger partial charge in [0.15, 0.2) is 0 Å². The van der Waals surface area contributed by atoms with E-state index < -0.39 is 82.7 Å². The first-order chi connectivity index (χ1) is 15.9. The van der Waals surface area contributed by atoms with E-state index in [1.54, 1.807) is 0 Å². The average molecular weight is 615 g/mol. The summed E-state index contributed by atoms with van der Waals surface area (Å²) in [4.78, 5) is 0.